The fraction of sp³-hybridized carbons (Fsp3) is 0.514. The largest absolute Gasteiger partial charge is 0.487 e. The molecule has 2 N–H and O–H groups in total. The maximum Gasteiger partial charge on any atom is 0.343 e. The molecule has 2 aromatic carbocycles. The first kappa shape index (κ1) is 35.5. The van der Waals surface area contributed by atoms with Gasteiger partial charge in [0, 0.05) is 31.7 Å². The summed E-state index contributed by atoms with van der Waals surface area (Å²) in [6, 6.07) is 11.1. The van der Waals surface area contributed by atoms with Crippen LogP contribution in [0, 0.1) is 17.8 Å². The highest BCUT2D eigenvalue weighted by Crippen LogP contribution is 2.43. The van der Waals surface area contributed by atoms with Crippen molar-refractivity contribution in [3.8, 4) is 5.75 Å². The number of aryl methyl sites for hydroxylation is 1. The van der Waals surface area contributed by atoms with Gasteiger partial charge in [-0.05, 0) is 97.7 Å². The van der Waals surface area contributed by atoms with Crippen molar-refractivity contribution >= 4 is 29.2 Å². The number of rotatable bonds is 12. The van der Waals surface area contributed by atoms with E-state index in [0.29, 0.717) is 43.4 Å². The van der Waals surface area contributed by atoms with E-state index in [2.05, 4.69) is 18.1 Å². The van der Waals surface area contributed by atoms with Crippen LogP contribution >= 0.6 is 11.6 Å². The monoisotopic (exact) mass is 652 g/mol. The van der Waals surface area contributed by atoms with Crippen molar-refractivity contribution in [2.24, 2.45) is 17.8 Å². The Kier molecular flexibility index (Phi) is 12.3. The van der Waals surface area contributed by atoms with Gasteiger partial charge in [-0.2, -0.15) is 0 Å². The minimum absolute atomic E-state index is 0.106. The highest BCUT2D eigenvalue weighted by molar-refractivity contribution is 6.30. The Bertz CT molecular complexity index is 1400. The maximum absolute atomic E-state index is 13.7. The van der Waals surface area contributed by atoms with Crippen LogP contribution in [0.2, 0.25) is 5.02 Å². The fourth-order valence-electron chi connectivity index (χ4n) is 6.83. The number of esters is 1. The van der Waals surface area contributed by atoms with E-state index < -0.39 is 23.6 Å². The average molecular weight is 653 g/mol. The predicted molar refractivity (Wildman–Crippen MR) is 182 cm³/mol. The zero-order valence-electron chi connectivity index (χ0n) is 27.4. The first-order valence-electron chi connectivity index (χ1n) is 16.4. The van der Waals surface area contributed by atoms with Crippen LogP contribution in [-0.4, -0.2) is 66.9 Å². The minimum atomic E-state index is -2.24. The van der Waals surface area contributed by atoms with Crippen LogP contribution in [0.4, 0.5) is 5.69 Å². The number of halogens is 1. The number of nitrogens with zero attached hydrogens (tertiary/aromatic N) is 2. The number of amides is 1. The third kappa shape index (κ3) is 7.62. The summed E-state index contributed by atoms with van der Waals surface area (Å²) in [6.07, 6.45) is 8.10. The summed E-state index contributed by atoms with van der Waals surface area (Å²) in [5, 5.41) is 23.6. The van der Waals surface area contributed by atoms with Crippen molar-refractivity contribution in [1.82, 2.24) is 4.90 Å². The lowest BCUT2D eigenvalue weighted by molar-refractivity contribution is -0.176. The van der Waals surface area contributed by atoms with E-state index in [4.69, 9.17) is 21.1 Å². The number of methoxy groups -OCH3 is 1. The van der Waals surface area contributed by atoms with E-state index in [9.17, 15) is 19.8 Å². The molecule has 1 aliphatic heterocycles. The third-order valence-corrected chi connectivity index (χ3v) is 10.0. The van der Waals surface area contributed by atoms with Gasteiger partial charge in [-0.1, -0.05) is 42.8 Å². The number of carbonyl (C=O) groups excluding carboxylic acids is 2. The molecule has 1 heterocycles. The molecule has 2 aliphatic rings. The molecule has 0 radical (unpaired) electrons. The zero-order valence-corrected chi connectivity index (χ0v) is 28.2. The number of ether oxygens (including phenoxy) is 2. The van der Waals surface area contributed by atoms with Crippen LogP contribution in [0.25, 0.3) is 0 Å². The van der Waals surface area contributed by atoms with Crippen molar-refractivity contribution in [3.63, 3.8) is 0 Å². The Morgan fingerprint density at radius 3 is 2.63 bits per heavy atom. The van der Waals surface area contributed by atoms with E-state index in [1.54, 1.807) is 44.3 Å². The van der Waals surface area contributed by atoms with Gasteiger partial charge in [0.15, 0.2) is 5.60 Å². The molecule has 1 saturated carbocycles. The van der Waals surface area contributed by atoms with Gasteiger partial charge >= 0.3 is 5.97 Å². The lowest BCUT2D eigenvalue weighted by Crippen LogP contribution is -2.51. The number of anilines is 1. The lowest BCUT2D eigenvalue weighted by Gasteiger charge is -2.43. The van der Waals surface area contributed by atoms with E-state index in [1.807, 2.05) is 18.2 Å². The summed E-state index contributed by atoms with van der Waals surface area (Å²) in [5.41, 5.74) is 0.946. The summed E-state index contributed by atoms with van der Waals surface area (Å²) in [7, 11) is 2.88. The fourth-order valence-corrected chi connectivity index (χ4v) is 7.03. The van der Waals surface area contributed by atoms with Crippen LogP contribution in [0.5, 0.6) is 5.75 Å². The minimum Gasteiger partial charge on any atom is -0.487 e. The van der Waals surface area contributed by atoms with Crippen molar-refractivity contribution < 1.29 is 29.3 Å². The molecular weight excluding hydrogens is 604 g/mol. The van der Waals surface area contributed by atoms with E-state index in [-0.39, 0.29) is 29.7 Å². The molecule has 2 aromatic rings. The average Bonchev–Trinajstić information content (AvgIpc) is 3.08. The van der Waals surface area contributed by atoms with Crippen molar-refractivity contribution in [1.29, 1.82) is 0 Å². The van der Waals surface area contributed by atoms with Gasteiger partial charge in [-0.25, -0.2) is 4.79 Å². The summed E-state index contributed by atoms with van der Waals surface area (Å²) in [5.74, 6) is -1.40. The van der Waals surface area contributed by atoms with Gasteiger partial charge in [0.1, 0.15) is 12.4 Å². The molecule has 9 heteroatoms. The SMILES string of the molecule is C=CCCN(C)C(=O)[C@H](CC)C(O)(C(=O)OC)c1ccc2c(c1)N(C[C@@H]1CC[C@H]1[C@@H](O)C=C)CCCCc1cc(Cl)ccc1CO2. The number of fused-ring (bicyclic) bond motifs is 2. The molecule has 0 bridgehead atoms. The van der Waals surface area contributed by atoms with Crippen molar-refractivity contribution in [2.75, 3.05) is 38.7 Å². The van der Waals surface area contributed by atoms with E-state index in [0.717, 1.165) is 48.9 Å². The van der Waals surface area contributed by atoms with Gasteiger partial charge < -0.3 is 29.5 Å². The second kappa shape index (κ2) is 16.0. The van der Waals surface area contributed by atoms with Gasteiger partial charge in [0.2, 0.25) is 5.91 Å². The quantitative estimate of drug-likeness (QED) is 0.213. The Morgan fingerprint density at radius 2 is 1.98 bits per heavy atom. The van der Waals surface area contributed by atoms with Crippen LogP contribution in [0.15, 0.2) is 61.7 Å². The molecule has 0 saturated heterocycles. The van der Waals surface area contributed by atoms with Crippen LogP contribution < -0.4 is 9.64 Å². The van der Waals surface area contributed by atoms with E-state index in [1.165, 1.54) is 12.0 Å². The highest BCUT2D eigenvalue weighted by atomic mass is 35.5. The van der Waals surface area contributed by atoms with Gasteiger partial charge in [-0.3, -0.25) is 4.79 Å². The van der Waals surface area contributed by atoms with Gasteiger partial charge in [0.25, 0.3) is 0 Å². The molecular formula is C37H49ClN2O6. The first-order chi connectivity index (χ1) is 22.1. The topological polar surface area (TPSA) is 99.5 Å². The zero-order chi connectivity index (χ0) is 33.4. The van der Waals surface area contributed by atoms with Crippen molar-refractivity contribution in [2.45, 2.75) is 70.2 Å². The lowest BCUT2D eigenvalue weighted by atomic mass is 9.70. The van der Waals surface area contributed by atoms with E-state index >= 15 is 0 Å². The molecule has 1 fully saturated rings. The third-order valence-electron chi connectivity index (χ3n) is 9.78. The Morgan fingerprint density at radius 1 is 1.20 bits per heavy atom. The molecule has 1 aliphatic carbocycles. The molecule has 1 amide bonds. The normalized spacial score (nSPS) is 20.6. The second-order valence-electron chi connectivity index (χ2n) is 12.6. The van der Waals surface area contributed by atoms with Crippen molar-refractivity contribution in [3.05, 3.63) is 83.4 Å². The number of aliphatic hydroxyl groups excluding tert-OH is 1. The predicted octanol–water partition coefficient (Wildman–Crippen LogP) is 6.06. The standard InChI is InChI=1S/C37H49ClN2O6/c1-6-9-19-39(4)35(42)31(7-2)37(44,36(43)45-5)28-15-18-34-32(22-28)40(23-26-14-17-30(26)33(41)8-3)20-11-10-12-25-21-29(38)16-13-27(25)24-46-34/h6,8,13,15-16,18,21-22,26,30-31,33,41,44H,1,3,7,9-12,14,17,19-20,23-24H2,2,4-5H3/t26-,30+,31-,33-,37?/m0/s1. The second-order valence-corrected chi connectivity index (χ2v) is 13.0. The molecule has 250 valence electrons. The van der Waals surface area contributed by atoms with Gasteiger partial charge in [0.05, 0.1) is 24.8 Å². The smallest absolute Gasteiger partial charge is 0.343 e. The number of benzene rings is 2. The summed E-state index contributed by atoms with van der Waals surface area (Å²) in [6.45, 7) is 11.4. The highest BCUT2D eigenvalue weighted by Gasteiger charge is 2.50. The van der Waals surface area contributed by atoms with Gasteiger partial charge in [-0.15, -0.1) is 13.2 Å². The summed E-state index contributed by atoms with van der Waals surface area (Å²) in [4.78, 5) is 31.0. The molecule has 1 unspecified atom stereocenters. The van der Waals surface area contributed by atoms with Crippen LogP contribution in [-0.2, 0) is 33.0 Å². The summed E-state index contributed by atoms with van der Waals surface area (Å²) >= 11 is 6.34. The first-order valence-corrected chi connectivity index (χ1v) is 16.7. The number of aliphatic hydroxyl groups is 2. The Labute approximate surface area is 278 Å². The molecule has 0 aromatic heterocycles. The molecule has 5 atom stereocenters. The van der Waals surface area contributed by atoms with Crippen LogP contribution in [0.1, 0.15) is 62.1 Å². The maximum atomic E-state index is 13.7. The number of hydrogen-bond acceptors (Lipinski definition) is 7. The number of carbonyl (C=O) groups is 2. The Hall–Kier alpha value is -3.33. The number of hydrogen-bond donors (Lipinski definition) is 2. The Balaban J connectivity index is 1.80. The van der Waals surface area contributed by atoms with Crippen LogP contribution in [0.3, 0.4) is 0 Å². The molecule has 4 rings (SSSR count). The summed E-state index contributed by atoms with van der Waals surface area (Å²) < 4.78 is 11.6. The molecule has 8 nitrogen and oxygen atoms in total. The molecule has 46 heavy (non-hydrogen) atoms. The molecule has 0 spiro atoms.